The molecule has 0 unspecified atom stereocenters. The van der Waals surface area contributed by atoms with E-state index in [0.717, 1.165) is 40.2 Å². The van der Waals surface area contributed by atoms with Crippen molar-refractivity contribution in [1.82, 2.24) is 15.5 Å². The number of nitrogens with zero attached hydrogens (tertiary/aromatic N) is 1. The Balaban J connectivity index is 1.35. The molecule has 0 spiro atoms. The summed E-state index contributed by atoms with van der Waals surface area (Å²) < 4.78 is 5.16. The van der Waals surface area contributed by atoms with Gasteiger partial charge < -0.3 is 10.1 Å². The number of carbonyl (C=O) groups excluding carboxylic acids is 1. The van der Waals surface area contributed by atoms with E-state index >= 15 is 0 Å². The summed E-state index contributed by atoms with van der Waals surface area (Å²) in [5.74, 6) is 0.751. The molecule has 0 saturated heterocycles. The average molecular weight is 397 g/mol. The van der Waals surface area contributed by atoms with Gasteiger partial charge in [0.15, 0.2) is 0 Å². The summed E-state index contributed by atoms with van der Waals surface area (Å²) in [6, 6.07) is 27.4. The van der Waals surface area contributed by atoms with Crippen molar-refractivity contribution in [1.29, 1.82) is 0 Å². The minimum Gasteiger partial charge on any atom is -0.497 e. The molecule has 0 aliphatic rings. The quantitative estimate of drug-likeness (QED) is 0.474. The van der Waals surface area contributed by atoms with E-state index in [0.29, 0.717) is 12.1 Å². The lowest BCUT2D eigenvalue weighted by atomic mass is 10.1. The lowest BCUT2D eigenvalue weighted by Gasteiger charge is -2.07. The summed E-state index contributed by atoms with van der Waals surface area (Å²) in [4.78, 5) is 12.4. The highest BCUT2D eigenvalue weighted by Gasteiger charge is 2.08. The van der Waals surface area contributed by atoms with Gasteiger partial charge in [0.05, 0.1) is 18.5 Å². The summed E-state index contributed by atoms with van der Waals surface area (Å²) in [6.07, 6.45) is 0.768. The molecular formula is C25H23N3O2. The molecule has 0 saturated carbocycles. The molecule has 5 heteroatoms. The number of ether oxygens (including phenoxy) is 1. The number of hydrogen-bond acceptors (Lipinski definition) is 3. The van der Waals surface area contributed by atoms with Gasteiger partial charge in [0.1, 0.15) is 5.75 Å². The van der Waals surface area contributed by atoms with Gasteiger partial charge >= 0.3 is 0 Å². The first-order valence-electron chi connectivity index (χ1n) is 9.85. The van der Waals surface area contributed by atoms with Crippen LogP contribution in [0.25, 0.3) is 22.5 Å². The standard InChI is InChI=1S/C25H23N3O2/c1-30-22-13-7-18(8-14-22)15-16-26-25(29)21-11-9-20(10-12-21)24-17-23(27-28-24)19-5-3-2-4-6-19/h2-14,17H,15-16H2,1H3,(H,26,29)(H,27,28). The molecule has 0 aliphatic carbocycles. The van der Waals surface area contributed by atoms with Crippen molar-refractivity contribution in [3.63, 3.8) is 0 Å². The SMILES string of the molecule is COc1ccc(CCNC(=O)c2ccc(-c3cc(-c4ccccc4)n[nH]3)cc2)cc1. The van der Waals surface area contributed by atoms with Crippen LogP contribution in [0.2, 0.25) is 0 Å². The normalized spacial score (nSPS) is 10.6. The van der Waals surface area contributed by atoms with E-state index in [4.69, 9.17) is 4.74 Å². The summed E-state index contributed by atoms with van der Waals surface area (Å²) in [5.41, 5.74) is 5.65. The van der Waals surface area contributed by atoms with Gasteiger partial charge in [-0.05, 0) is 47.9 Å². The first-order valence-corrected chi connectivity index (χ1v) is 9.85. The molecule has 1 amide bonds. The van der Waals surface area contributed by atoms with E-state index in [2.05, 4.69) is 15.5 Å². The topological polar surface area (TPSA) is 67.0 Å². The third-order valence-corrected chi connectivity index (χ3v) is 4.96. The van der Waals surface area contributed by atoms with Gasteiger partial charge in [-0.1, -0.05) is 54.6 Å². The maximum absolute atomic E-state index is 12.4. The maximum Gasteiger partial charge on any atom is 0.251 e. The summed E-state index contributed by atoms with van der Waals surface area (Å²) in [5, 5.41) is 10.4. The van der Waals surface area contributed by atoms with Crippen molar-refractivity contribution < 1.29 is 9.53 Å². The van der Waals surface area contributed by atoms with Crippen LogP contribution in [0.3, 0.4) is 0 Å². The molecular weight excluding hydrogens is 374 g/mol. The van der Waals surface area contributed by atoms with E-state index < -0.39 is 0 Å². The second-order valence-corrected chi connectivity index (χ2v) is 6.96. The molecule has 1 heterocycles. The van der Waals surface area contributed by atoms with Crippen molar-refractivity contribution in [2.75, 3.05) is 13.7 Å². The van der Waals surface area contributed by atoms with E-state index in [1.807, 2.05) is 84.9 Å². The lowest BCUT2D eigenvalue weighted by molar-refractivity contribution is 0.0954. The van der Waals surface area contributed by atoms with Crippen LogP contribution in [-0.2, 0) is 6.42 Å². The maximum atomic E-state index is 12.4. The summed E-state index contributed by atoms with van der Waals surface area (Å²) in [6.45, 7) is 0.577. The number of rotatable bonds is 7. The Morgan fingerprint density at radius 2 is 1.67 bits per heavy atom. The number of methoxy groups -OCH3 is 1. The van der Waals surface area contributed by atoms with Crippen molar-refractivity contribution in [2.24, 2.45) is 0 Å². The Morgan fingerprint density at radius 1 is 0.933 bits per heavy atom. The number of aromatic nitrogens is 2. The second kappa shape index (κ2) is 9.09. The monoisotopic (exact) mass is 397 g/mol. The number of H-pyrrole nitrogens is 1. The van der Waals surface area contributed by atoms with Crippen molar-refractivity contribution in [2.45, 2.75) is 6.42 Å². The van der Waals surface area contributed by atoms with Crippen LogP contribution in [-0.4, -0.2) is 29.8 Å². The first-order chi connectivity index (χ1) is 14.7. The van der Waals surface area contributed by atoms with Gasteiger partial charge in [0.2, 0.25) is 0 Å². The molecule has 0 fully saturated rings. The van der Waals surface area contributed by atoms with Crippen LogP contribution >= 0.6 is 0 Å². The number of hydrogen-bond donors (Lipinski definition) is 2. The predicted molar refractivity (Wildman–Crippen MR) is 118 cm³/mol. The van der Waals surface area contributed by atoms with Gasteiger partial charge in [-0.2, -0.15) is 5.10 Å². The minimum absolute atomic E-state index is 0.0790. The minimum atomic E-state index is -0.0790. The molecule has 4 aromatic rings. The van der Waals surface area contributed by atoms with E-state index in [-0.39, 0.29) is 5.91 Å². The van der Waals surface area contributed by atoms with Crippen LogP contribution in [0, 0.1) is 0 Å². The molecule has 2 N–H and O–H groups in total. The Kier molecular flexibility index (Phi) is 5.90. The highest BCUT2D eigenvalue weighted by Crippen LogP contribution is 2.23. The molecule has 5 nitrogen and oxygen atoms in total. The molecule has 0 radical (unpaired) electrons. The van der Waals surface area contributed by atoms with Crippen LogP contribution in [0.15, 0.2) is 84.9 Å². The van der Waals surface area contributed by atoms with Gasteiger partial charge in [-0.15, -0.1) is 0 Å². The fourth-order valence-corrected chi connectivity index (χ4v) is 3.24. The molecule has 150 valence electrons. The molecule has 4 rings (SSSR count). The Bertz CT molecular complexity index is 1100. The Labute approximate surface area is 175 Å². The van der Waals surface area contributed by atoms with E-state index in [1.165, 1.54) is 0 Å². The van der Waals surface area contributed by atoms with Crippen molar-refractivity contribution in [3.05, 3.63) is 96.1 Å². The highest BCUT2D eigenvalue weighted by molar-refractivity contribution is 5.94. The van der Waals surface area contributed by atoms with Crippen molar-refractivity contribution >= 4 is 5.91 Å². The molecule has 0 bridgehead atoms. The fourth-order valence-electron chi connectivity index (χ4n) is 3.24. The smallest absolute Gasteiger partial charge is 0.251 e. The zero-order chi connectivity index (χ0) is 20.8. The molecule has 3 aromatic carbocycles. The zero-order valence-corrected chi connectivity index (χ0v) is 16.8. The zero-order valence-electron chi connectivity index (χ0n) is 16.8. The third kappa shape index (κ3) is 4.58. The largest absolute Gasteiger partial charge is 0.497 e. The Morgan fingerprint density at radius 3 is 2.37 bits per heavy atom. The number of aromatic amines is 1. The summed E-state index contributed by atoms with van der Waals surface area (Å²) >= 11 is 0. The highest BCUT2D eigenvalue weighted by atomic mass is 16.5. The van der Waals surface area contributed by atoms with Crippen LogP contribution in [0.4, 0.5) is 0 Å². The number of benzene rings is 3. The number of nitrogens with one attached hydrogen (secondary N) is 2. The van der Waals surface area contributed by atoms with Gasteiger partial charge in [0.25, 0.3) is 5.91 Å². The second-order valence-electron chi connectivity index (χ2n) is 6.96. The van der Waals surface area contributed by atoms with Crippen molar-refractivity contribution in [3.8, 4) is 28.3 Å². The molecule has 1 aromatic heterocycles. The molecule has 30 heavy (non-hydrogen) atoms. The van der Waals surface area contributed by atoms with Gasteiger partial charge in [0, 0.05) is 17.7 Å². The van der Waals surface area contributed by atoms with Gasteiger partial charge in [-0.3, -0.25) is 9.89 Å². The number of carbonyl (C=O) groups is 1. The third-order valence-electron chi connectivity index (χ3n) is 4.96. The first kappa shape index (κ1) is 19.5. The van der Waals surface area contributed by atoms with Crippen LogP contribution in [0.1, 0.15) is 15.9 Å². The van der Waals surface area contributed by atoms with Crippen LogP contribution in [0.5, 0.6) is 5.75 Å². The Hall–Kier alpha value is -3.86. The lowest BCUT2D eigenvalue weighted by Crippen LogP contribution is -2.25. The number of amides is 1. The van der Waals surface area contributed by atoms with E-state index in [9.17, 15) is 4.79 Å². The van der Waals surface area contributed by atoms with Crippen LogP contribution < -0.4 is 10.1 Å². The average Bonchev–Trinajstić information content (AvgIpc) is 3.30. The summed E-state index contributed by atoms with van der Waals surface area (Å²) in [7, 11) is 1.65. The molecule has 0 atom stereocenters. The van der Waals surface area contributed by atoms with Gasteiger partial charge in [-0.25, -0.2) is 0 Å². The molecule has 0 aliphatic heterocycles. The predicted octanol–water partition coefficient (Wildman–Crippen LogP) is 4.72. The van der Waals surface area contributed by atoms with E-state index in [1.54, 1.807) is 7.11 Å². The fraction of sp³-hybridized carbons (Fsp3) is 0.120.